The van der Waals surface area contributed by atoms with E-state index in [1.54, 1.807) is 25.1 Å². The second kappa shape index (κ2) is 10.1. The zero-order valence-electron chi connectivity index (χ0n) is 17.0. The highest BCUT2D eigenvalue weighted by Gasteiger charge is 2.25. The third-order valence-corrected chi connectivity index (χ3v) is 4.71. The minimum atomic E-state index is -0.704. The van der Waals surface area contributed by atoms with Gasteiger partial charge in [-0.2, -0.15) is 0 Å². The number of rotatable bonds is 8. The summed E-state index contributed by atoms with van der Waals surface area (Å²) in [7, 11) is 1.43. The molecule has 0 spiro atoms. The van der Waals surface area contributed by atoms with Gasteiger partial charge in [-0.1, -0.05) is 6.07 Å². The molecule has 32 heavy (non-hydrogen) atoms. The Morgan fingerprint density at radius 2 is 2.09 bits per heavy atom. The first kappa shape index (κ1) is 22.9. The van der Waals surface area contributed by atoms with Crippen molar-refractivity contribution in [2.45, 2.75) is 6.92 Å². The molecule has 1 heterocycles. The van der Waals surface area contributed by atoms with Gasteiger partial charge in [-0.3, -0.25) is 10.1 Å². The Morgan fingerprint density at radius 1 is 1.31 bits per heavy atom. The van der Waals surface area contributed by atoms with Gasteiger partial charge in [0.15, 0.2) is 23.8 Å². The van der Waals surface area contributed by atoms with Crippen LogP contribution in [0, 0.1) is 10.1 Å². The van der Waals surface area contributed by atoms with Crippen LogP contribution in [0.1, 0.15) is 18.1 Å². The van der Waals surface area contributed by atoms with Crippen LogP contribution < -0.4 is 9.47 Å². The molecule has 1 aliphatic heterocycles. The molecule has 0 bridgehead atoms. The van der Waals surface area contributed by atoms with E-state index in [-0.39, 0.29) is 36.2 Å². The Morgan fingerprint density at radius 3 is 2.78 bits per heavy atom. The predicted octanol–water partition coefficient (Wildman–Crippen LogP) is 3.65. The molecule has 0 N–H and O–H groups in total. The SMILES string of the molecule is CCOC(=O)COc1c(Br)cc(/C=C2\N=C(c3cccc([N+](=O)[O-])c3)OC2=O)cc1OC. The third kappa shape index (κ3) is 5.30. The largest absolute Gasteiger partial charge is 0.493 e. The number of ether oxygens (including phenoxy) is 4. The number of nitrogens with zero attached hydrogens (tertiary/aromatic N) is 2. The van der Waals surface area contributed by atoms with E-state index in [1.807, 2.05) is 0 Å². The Kier molecular flexibility index (Phi) is 7.21. The van der Waals surface area contributed by atoms with E-state index < -0.39 is 16.9 Å². The fourth-order valence-corrected chi connectivity index (χ4v) is 3.31. The van der Waals surface area contributed by atoms with E-state index in [1.165, 1.54) is 31.4 Å². The number of aliphatic imine (C=N–C) groups is 1. The van der Waals surface area contributed by atoms with Crippen LogP contribution in [0.15, 0.2) is 51.6 Å². The van der Waals surface area contributed by atoms with E-state index in [2.05, 4.69) is 20.9 Å². The maximum Gasteiger partial charge on any atom is 0.363 e. The van der Waals surface area contributed by atoms with Crippen LogP contribution in [0.3, 0.4) is 0 Å². The van der Waals surface area contributed by atoms with Crippen LogP contribution in [-0.2, 0) is 19.1 Å². The van der Waals surface area contributed by atoms with Gasteiger partial charge >= 0.3 is 11.9 Å². The van der Waals surface area contributed by atoms with E-state index in [0.717, 1.165) is 0 Å². The molecule has 0 aromatic heterocycles. The summed E-state index contributed by atoms with van der Waals surface area (Å²) in [5.41, 5.74) is 0.692. The van der Waals surface area contributed by atoms with Gasteiger partial charge in [-0.05, 0) is 52.7 Å². The quantitative estimate of drug-likeness (QED) is 0.230. The molecule has 0 saturated carbocycles. The van der Waals surface area contributed by atoms with Crippen molar-refractivity contribution < 1.29 is 33.5 Å². The number of methoxy groups -OCH3 is 1. The molecule has 0 radical (unpaired) electrons. The average molecular weight is 505 g/mol. The monoisotopic (exact) mass is 504 g/mol. The lowest BCUT2D eigenvalue weighted by molar-refractivity contribution is -0.384. The van der Waals surface area contributed by atoms with Crippen LogP contribution in [0.5, 0.6) is 11.5 Å². The third-order valence-electron chi connectivity index (χ3n) is 4.12. The summed E-state index contributed by atoms with van der Waals surface area (Å²) in [6.45, 7) is 1.63. The van der Waals surface area contributed by atoms with Gasteiger partial charge in [0, 0.05) is 17.7 Å². The van der Waals surface area contributed by atoms with Gasteiger partial charge < -0.3 is 18.9 Å². The molecule has 0 unspecified atom stereocenters. The summed E-state index contributed by atoms with van der Waals surface area (Å²) in [5.74, 6) is -0.666. The number of hydrogen-bond donors (Lipinski definition) is 0. The van der Waals surface area contributed by atoms with Crippen molar-refractivity contribution >= 4 is 45.5 Å². The highest BCUT2D eigenvalue weighted by atomic mass is 79.9. The molecule has 0 fully saturated rings. The molecular weight excluding hydrogens is 488 g/mol. The fourth-order valence-electron chi connectivity index (χ4n) is 2.74. The topological polar surface area (TPSA) is 127 Å². The van der Waals surface area contributed by atoms with Crippen LogP contribution >= 0.6 is 15.9 Å². The number of nitro groups is 1. The van der Waals surface area contributed by atoms with Crippen molar-refractivity contribution in [3.05, 3.63) is 67.8 Å². The molecule has 2 aromatic carbocycles. The van der Waals surface area contributed by atoms with E-state index >= 15 is 0 Å². The number of esters is 2. The number of benzene rings is 2. The van der Waals surface area contributed by atoms with Crippen LogP contribution in [0.2, 0.25) is 0 Å². The number of carbonyl (C=O) groups excluding carboxylic acids is 2. The smallest absolute Gasteiger partial charge is 0.363 e. The van der Waals surface area contributed by atoms with Gasteiger partial charge in [0.25, 0.3) is 5.69 Å². The summed E-state index contributed by atoms with van der Waals surface area (Å²) in [5, 5.41) is 11.0. The molecule has 0 amide bonds. The van der Waals surface area contributed by atoms with Gasteiger partial charge in [0.05, 0.1) is 23.1 Å². The summed E-state index contributed by atoms with van der Waals surface area (Å²) in [4.78, 5) is 38.4. The van der Waals surface area contributed by atoms with Crippen molar-refractivity contribution in [3.63, 3.8) is 0 Å². The lowest BCUT2D eigenvalue weighted by atomic mass is 10.1. The van der Waals surface area contributed by atoms with Gasteiger partial charge in [-0.25, -0.2) is 14.6 Å². The lowest BCUT2D eigenvalue weighted by Crippen LogP contribution is -2.15. The Bertz CT molecular complexity index is 1140. The highest BCUT2D eigenvalue weighted by Crippen LogP contribution is 2.37. The minimum Gasteiger partial charge on any atom is -0.493 e. The number of nitro benzene ring substituents is 1. The standard InChI is InChI=1S/C21H17BrN2O8/c1-3-30-18(25)11-31-19-15(22)7-12(9-17(19)29-2)8-16-21(26)32-20(23-16)13-5-4-6-14(10-13)24(27)28/h4-10H,3,11H2,1-2H3/b16-8-. The fraction of sp³-hybridized carbons (Fsp3) is 0.190. The first-order chi connectivity index (χ1) is 15.3. The molecular formula is C21H17BrN2O8. The first-order valence-electron chi connectivity index (χ1n) is 9.25. The molecule has 0 atom stereocenters. The molecule has 1 aliphatic rings. The van der Waals surface area contributed by atoms with E-state index in [9.17, 15) is 19.7 Å². The Hall–Kier alpha value is -3.73. The number of carbonyl (C=O) groups is 2. The summed E-state index contributed by atoms with van der Waals surface area (Å²) < 4.78 is 21.3. The van der Waals surface area contributed by atoms with Crippen LogP contribution in [0.25, 0.3) is 6.08 Å². The van der Waals surface area contributed by atoms with Gasteiger partial charge in [0.1, 0.15) is 0 Å². The Labute approximate surface area is 190 Å². The molecule has 0 saturated heterocycles. The molecule has 10 nitrogen and oxygen atoms in total. The minimum absolute atomic E-state index is 0.000603. The zero-order chi connectivity index (χ0) is 23.3. The predicted molar refractivity (Wildman–Crippen MR) is 117 cm³/mol. The maximum atomic E-state index is 12.3. The van der Waals surface area contributed by atoms with E-state index in [0.29, 0.717) is 21.3 Å². The zero-order valence-corrected chi connectivity index (χ0v) is 18.6. The van der Waals surface area contributed by atoms with Crippen molar-refractivity contribution in [1.29, 1.82) is 0 Å². The normalized spacial score (nSPS) is 14.0. The average Bonchev–Trinajstić information content (AvgIpc) is 3.13. The molecule has 166 valence electrons. The Balaban J connectivity index is 1.88. The molecule has 2 aromatic rings. The lowest BCUT2D eigenvalue weighted by Gasteiger charge is -2.13. The van der Waals surface area contributed by atoms with Gasteiger partial charge in [0.2, 0.25) is 5.90 Å². The van der Waals surface area contributed by atoms with Crippen molar-refractivity contribution in [2.24, 2.45) is 4.99 Å². The van der Waals surface area contributed by atoms with Crippen LogP contribution in [0.4, 0.5) is 5.69 Å². The van der Waals surface area contributed by atoms with Crippen LogP contribution in [-0.4, -0.2) is 43.1 Å². The molecule has 3 rings (SSSR count). The summed E-state index contributed by atoms with van der Waals surface area (Å²) in [6, 6.07) is 8.85. The highest BCUT2D eigenvalue weighted by molar-refractivity contribution is 9.10. The number of halogens is 1. The maximum absolute atomic E-state index is 12.3. The van der Waals surface area contributed by atoms with E-state index in [4.69, 9.17) is 18.9 Å². The summed E-state index contributed by atoms with van der Waals surface area (Å²) >= 11 is 3.36. The second-order valence-corrected chi connectivity index (χ2v) is 7.13. The molecule has 0 aliphatic carbocycles. The number of non-ortho nitro benzene ring substituents is 1. The first-order valence-corrected chi connectivity index (χ1v) is 10.0. The van der Waals surface area contributed by atoms with Crippen molar-refractivity contribution in [2.75, 3.05) is 20.3 Å². The molecule has 11 heteroatoms. The number of cyclic esters (lactones) is 1. The number of hydrogen-bond acceptors (Lipinski definition) is 9. The van der Waals surface area contributed by atoms with Crippen molar-refractivity contribution in [1.82, 2.24) is 0 Å². The van der Waals surface area contributed by atoms with Gasteiger partial charge in [-0.15, -0.1) is 0 Å². The second-order valence-electron chi connectivity index (χ2n) is 6.27. The van der Waals surface area contributed by atoms with Crippen molar-refractivity contribution in [3.8, 4) is 11.5 Å². The summed E-state index contributed by atoms with van der Waals surface area (Å²) in [6.07, 6.45) is 1.47.